The first-order valence-electron chi connectivity index (χ1n) is 17.3. The number of amides is 3. The second kappa shape index (κ2) is 13.1. The maximum absolute atomic E-state index is 14.1. The van der Waals surface area contributed by atoms with E-state index in [9.17, 15) is 14.4 Å². The molecule has 14 nitrogen and oxygen atoms in total. The highest BCUT2D eigenvalue weighted by atomic mass is 16.7. The number of aromatic amines is 1. The van der Waals surface area contributed by atoms with E-state index in [1.807, 2.05) is 77.9 Å². The Hall–Kier alpha value is -4.76. The second-order valence-electron chi connectivity index (χ2n) is 14.8. The normalized spacial score (nSPS) is 21.9. The Balaban J connectivity index is 1.09. The Morgan fingerprint density at radius 3 is 2.22 bits per heavy atom. The number of hydrogen-bond donors (Lipinski definition) is 2. The fourth-order valence-corrected chi connectivity index (χ4v) is 6.85. The summed E-state index contributed by atoms with van der Waals surface area (Å²) in [5, 5.41) is 2.67. The summed E-state index contributed by atoms with van der Waals surface area (Å²) in [4.78, 5) is 51.1. The Kier molecular flexibility index (Phi) is 8.90. The summed E-state index contributed by atoms with van der Waals surface area (Å²) in [6, 6.07) is 10.2. The molecule has 7 rings (SSSR count). The van der Waals surface area contributed by atoms with Crippen molar-refractivity contribution in [2.75, 3.05) is 20.4 Å². The molecule has 15 heteroatoms. The Labute approximate surface area is 297 Å². The van der Waals surface area contributed by atoms with Crippen molar-refractivity contribution in [3.8, 4) is 22.8 Å². The van der Waals surface area contributed by atoms with Crippen LogP contribution in [0.4, 0.5) is 9.59 Å². The number of rotatable bonds is 7. The van der Waals surface area contributed by atoms with Gasteiger partial charge in [0, 0.05) is 19.5 Å². The highest BCUT2D eigenvalue weighted by Gasteiger charge is 2.51. The minimum absolute atomic E-state index is 0.122. The van der Waals surface area contributed by atoms with Crippen molar-refractivity contribution in [1.29, 1.82) is 0 Å². The lowest BCUT2D eigenvalue weighted by Gasteiger charge is -2.32. The van der Waals surface area contributed by atoms with E-state index in [-0.39, 0.29) is 25.2 Å². The van der Waals surface area contributed by atoms with Crippen molar-refractivity contribution in [2.45, 2.75) is 90.4 Å². The van der Waals surface area contributed by atoms with Gasteiger partial charge in [-0.05, 0) is 67.9 Å². The summed E-state index contributed by atoms with van der Waals surface area (Å²) >= 11 is 0. The lowest BCUT2D eigenvalue weighted by Crippen LogP contribution is -2.51. The number of ether oxygens (including phenoxy) is 4. The minimum atomic E-state index is -0.870. The fraction of sp³-hybridized carbons (Fsp3) is 0.500. The topological polar surface area (TPSA) is 154 Å². The van der Waals surface area contributed by atoms with Crippen LogP contribution in [0.15, 0.2) is 42.6 Å². The molecule has 2 saturated heterocycles. The van der Waals surface area contributed by atoms with Crippen LogP contribution >= 0.6 is 0 Å². The summed E-state index contributed by atoms with van der Waals surface area (Å²) < 4.78 is 34.3. The molecule has 3 amide bonds. The van der Waals surface area contributed by atoms with E-state index in [2.05, 4.69) is 15.3 Å². The Morgan fingerprint density at radius 1 is 1.00 bits per heavy atom. The molecule has 2 fully saturated rings. The number of methoxy groups -OCH3 is 1. The molecule has 0 bridgehead atoms. The van der Waals surface area contributed by atoms with Gasteiger partial charge in [0.1, 0.15) is 18.0 Å². The Bertz CT molecular complexity index is 1780. The van der Waals surface area contributed by atoms with Gasteiger partial charge in [-0.3, -0.25) is 9.69 Å². The molecule has 1 aromatic heterocycles. The monoisotopic (exact) mass is 701 g/mol. The molecule has 0 aliphatic carbocycles. The summed E-state index contributed by atoms with van der Waals surface area (Å²) in [6.45, 7) is 12.8. The zero-order chi connectivity index (χ0) is 36.2. The number of carbonyl (C=O) groups excluding carboxylic acids is 3. The number of H-pyrrole nitrogens is 1. The molecule has 3 aromatic rings. The van der Waals surface area contributed by atoms with E-state index in [1.165, 1.54) is 7.11 Å². The van der Waals surface area contributed by atoms with E-state index in [0.717, 1.165) is 27.8 Å². The first kappa shape index (κ1) is 34.7. The van der Waals surface area contributed by atoms with Crippen molar-refractivity contribution < 1.29 is 42.6 Å². The molecule has 4 aliphatic heterocycles. The van der Waals surface area contributed by atoms with Gasteiger partial charge < -0.3 is 43.5 Å². The van der Waals surface area contributed by atoms with Crippen molar-refractivity contribution >= 4 is 30.7 Å². The molecule has 0 spiro atoms. The summed E-state index contributed by atoms with van der Waals surface area (Å²) in [6.07, 6.45) is 0.220. The molecule has 0 radical (unpaired) electrons. The maximum Gasteiger partial charge on any atom is 0.494 e. The zero-order valence-corrected chi connectivity index (χ0v) is 30.0. The standard InChI is InChI=1S/C36H44BN5O9/c1-20(2)30(40-33(44)46-7)32(43)42-18-25(49-34(45)41-16-22-12-28-29(48-19-47-28)13-23(22)17-41)14-27(42)31-38-15-26(39-31)21-8-10-24(11-9-21)37-50-35(3,4)36(5,6)51-37/h8-13,15,20,25,27,30H,14,16-19H2,1-7H3,(H,38,39)(H,40,44)/t25-,27+,30?/m1/s1. The van der Waals surface area contributed by atoms with Gasteiger partial charge in [0.2, 0.25) is 12.7 Å². The molecule has 0 saturated carbocycles. The van der Waals surface area contributed by atoms with Crippen molar-refractivity contribution in [3.63, 3.8) is 0 Å². The van der Waals surface area contributed by atoms with Crippen LogP contribution in [0.5, 0.6) is 11.5 Å². The molecule has 2 N–H and O–H groups in total. The third-order valence-electron chi connectivity index (χ3n) is 10.5. The van der Waals surface area contributed by atoms with Crippen LogP contribution in [-0.2, 0) is 36.7 Å². The van der Waals surface area contributed by atoms with E-state index in [4.69, 9.17) is 28.3 Å². The maximum atomic E-state index is 14.1. The molecule has 5 heterocycles. The predicted molar refractivity (Wildman–Crippen MR) is 185 cm³/mol. The predicted octanol–water partition coefficient (Wildman–Crippen LogP) is 4.28. The molecule has 4 aliphatic rings. The molecule has 270 valence electrons. The minimum Gasteiger partial charge on any atom is -0.454 e. The zero-order valence-electron chi connectivity index (χ0n) is 30.0. The van der Waals surface area contributed by atoms with E-state index >= 15 is 0 Å². The van der Waals surface area contributed by atoms with E-state index in [0.29, 0.717) is 36.8 Å². The SMILES string of the molecule is COC(=O)NC(C(=O)N1C[C@H](OC(=O)N2Cc3cc4c(cc3C2)OCO4)C[C@H]1c1ncc(-c2ccc(B3OC(C)(C)C(C)(C)O3)cc2)[nH]1)C(C)C. The van der Waals surface area contributed by atoms with Gasteiger partial charge in [-0.2, -0.15) is 0 Å². The number of aromatic nitrogens is 2. The van der Waals surface area contributed by atoms with Crippen molar-refractivity contribution in [2.24, 2.45) is 5.92 Å². The number of alkyl carbamates (subject to hydrolysis) is 1. The van der Waals surface area contributed by atoms with E-state index in [1.54, 1.807) is 16.0 Å². The molecule has 1 unspecified atom stereocenters. The second-order valence-corrected chi connectivity index (χ2v) is 14.8. The lowest BCUT2D eigenvalue weighted by atomic mass is 9.79. The number of imidazole rings is 1. The average molecular weight is 702 g/mol. The van der Waals surface area contributed by atoms with Crippen LogP contribution in [0.2, 0.25) is 0 Å². The highest BCUT2D eigenvalue weighted by Crippen LogP contribution is 2.40. The van der Waals surface area contributed by atoms with Gasteiger partial charge in [-0.15, -0.1) is 0 Å². The molecular formula is C36H44BN5O9. The largest absolute Gasteiger partial charge is 0.494 e. The summed E-state index contributed by atoms with van der Waals surface area (Å²) in [5.74, 6) is 1.29. The quantitative estimate of drug-likeness (QED) is 0.342. The van der Waals surface area contributed by atoms with Gasteiger partial charge in [-0.25, -0.2) is 14.6 Å². The van der Waals surface area contributed by atoms with Gasteiger partial charge in [0.25, 0.3) is 0 Å². The number of benzene rings is 2. The number of nitrogens with one attached hydrogen (secondary N) is 2. The molecule has 51 heavy (non-hydrogen) atoms. The molecule has 3 atom stereocenters. The van der Waals surface area contributed by atoms with E-state index < -0.39 is 48.7 Å². The fourth-order valence-electron chi connectivity index (χ4n) is 6.85. The van der Waals surface area contributed by atoms with Gasteiger partial charge in [-0.1, -0.05) is 38.1 Å². The van der Waals surface area contributed by atoms with Gasteiger partial charge >= 0.3 is 19.3 Å². The molecular weight excluding hydrogens is 657 g/mol. The number of carbonyl (C=O) groups is 3. The lowest BCUT2D eigenvalue weighted by molar-refractivity contribution is -0.135. The highest BCUT2D eigenvalue weighted by molar-refractivity contribution is 6.62. The number of nitrogens with zero attached hydrogens (tertiary/aromatic N) is 3. The van der Waals surface area contributed by atoms with Crippen molar-refractivity contribution in [3.05, 3.63) is 59.5 Å². The summed E-state index contributed by atoms with van der Waals surface area (Å²) in [5.41, 5.74) is 3.58. The van der Waals surface area contributed by atoms with Gasteiger partial charge in [0.05, 0.1) is 42.8 Å². The smallest absolute Gasteiger partial charge is 0.454 e. The average Bonchev–Trinajstić information content (AvgIpc) is 3.92. The van der Waals surface area contributed by atoms with Crippen LogP contribution in [0.25, 0.3) is 11.3 Å². The number of likely N-dealkylation sites (tertiary alicyclic amines) is 1. The third-order valence-corrected chi connectivity index (χ3v) is 10.5. The Morgan fingerprint density at radius 2 is 1.63 bits per heavy atom. The summed E-state index contributed by atoms with van der Waals surface area (Å²) in [7, 11) is 0.771. The van der Waals surface area contributed by atoms with Crippen molar-refractivity contribution in [1.82, 2.24) is 25.1 Å². The first-order chi connectivity index (χ1) is 24.2. The first-order valence-corrected chi connectivity index (χ1v) is 17.3. The molecule has 2 aromatic carbocycles. The number of hydrogen-bond acceptors (Lipinski definition) is 10. The van der Waals surface area contributed by atoms with Crippen LogP contribution in [0.1, 0.15) is 71.0 Å². The van der Waals surface area contributed by atoms with Crippen LogP contribution < -0.4 is 20.3 Å². The van der Waals surface area contributed by atoms with Crippen LogP contribution in [-0.4, -0.2) is 88.8 Å². The third kappa shape index (κ3) is 6.60. The van der Waals surface area contributed by atoms with Gasteiger partial charge in [0.15, 0.2) is 11.5 Å². The number of fused-ring (bicyclic) bond motifs is 2. The van der Waals surface area contributed by atoms with Crippen LogP contribution in [0.3, 0.4) is 0 Å². The van der Waals surface area contributed by atoms with Crippen LogP contribution in [0, 0.1) is 5.92 Å².